The van der Waals surface area contributed by atoms with Crippen LogP contribution < -0.4 is 19.5 Å². The van der Waals surface area contributed by atoms with Gasteiger partial charge >= 0.3 is 0 Å². The molecule has 140 valence electrons. The second-order valence-electron chi connectivity index (χ2n) is 6.11. The fourth-order valence-corrected chi connectivity index (χ4v) is 2.56. The number of rotatable bonds is 8. The van der Waals surface area contributed by atoms with Crippen LogP contribution in [0.1, 0.15) is 32.4 Å². The summed E-state index contributed by atoms with van der Waals surface area (Å²) < 4.78 is 16.5. The molecule has 0 aromatic heterocycles. The first-order chi connectivity index (χ1) is 12.4. The molecular weight excluding hydrogens is 354 g/mol. The van der Waals surface area contributed by atoms with Crippen LogP contribution in [0.25, 0.3) is 0 Å². The van der Waals surface area contributed by atoms with Gasteiger partial charge in [-0.05, 0) is 56.7 Å². The smallest absolute Gasteiger partial charge is 0.258 e. The summed E-state index contributed by atoms with van der Waals surface area (Å²) in [6, 6.07) is 12.3. The average Bonchev–Trinajstić information content (AvgIpc) is 2.60. The van der Waals surface area contributed by atoms with Crippen LogP contribution in [0, 0.1) is 0 Å². The van der Waals surface area contributed by atoms with Crippen molar-refractivity contribution in [1.29, 1.82) is 0 Å². The monoisotopic (exact) mass is 377 g/mol. The molecule has 0 radical (unpaired) electrons. The maximum absolute atomic E-state index is 12.1. The van der Waals surface area contributed by atoms with Crippen molar-refractivity contribution in [3.8, 4) is 17.2 Å². The summed E-state index contributed by atoms with van der Waals surface area (Å²) in [6.45, 7) is 5.72. The van der Waals surface area contributed by atoms with Crippen molar-refractivity contribution in [1.82, 2.24) is 5.32 Å². The third-order valence-corrected chi connectivity index (χ3v) is 3.83. The van der Waals surface area contributed by atoms with Crippen LogP contribution in [0.5, 0.6) is 17.2 Å². The van der Waals surface area contributed by atoms with Gasteiger partial charge in [-0.25, -0.2) is 0 Å². The average molecular weight is 378 g/mol. The van der Waals surface area contributed by atoms with Crippen molar-refractivity contribution in [3.63, 3.8) is 0 Å². The van der Waals surface area contributed by atoms with Crippen molar-refractivity contribution in [3.05, 3.63) is 53.1 Å². The summed E-state index contributed by atoms with van der Waals surface area (Å²) in [6.07, 6.45) is 0.0514. The van der Waals surface area contributed by atoms with E-state index >= 15 is 0 Å². The van der Waals surface area contributed by atoms with Crippen molar-refractivity contribution < 1.29 is 19.0 Å². The molecule has 1 unspecified atom stereocenters. The number of methoxy groups -OCH3 is 1. The molecule has 1 amide bonds. The number of nitrogens with one attached hydrogen (secondary N) is 1. The van der Waals surface area contributed by atoms with Gasteiger partial charge in [-0.3, -0.25) is 4.79 Å². The molecule has 0 spiro atoms. The molecule has 2 aromatic carbocycles. The Hall–Kier alpha value is -2.40. The van der Waals surface area contributed by atoms with E-state index in [9.17, 15) is 4.79 Å². The molecule has 0 fully saturated rings. The third kappa shape index (κ3) is 5.85. The number of amides is 1. The number of carbonyl (C=O) groups is 1. The number of carbonyl (C=O) groups excluding carboxylic acids is 1. The first kappa shape index (κ1) is 19.9. The topological polar surface area (TPSA) is 56.8 Å². The molecule has 0 bridgehead atoms. The lowest BCUT2D eigenvalue weighted by Crippen LogP contribution is -2.31. The predicted molar refractivity (Wildman–Crippen MR) is 102 cm³/mol. The van der Waals surface area contributed by atoms with E-state index in [1.165, 1.54) is 0 Å². The molecule has 0 aliphatic heterocycles. The minimum atomic E-state index is -0.223. The molecule has 1 atom stereocenters. The lowest BCUT2D eigenvalue weighted by atomic mass is 10.1. The van der Waals surface area contributed by atoms with Gasteiger partial charge < -0.3 is 19.5 Å². The summed E-state index contributed by atoms with van der Waals surface area (Å²) in [5, 5.41) is 3.46. The molecule has 0 heterocycles. The normalized spacial score (nSPS) is 11.8. The van der Waals surface area contributed by atoms with Crippen molar-refractivity contribution >= 4 is 17.5 Å². The second-order valence-corrected chi connectivity index (χ2v) is 6.55. The van der Waals surface area contributed by atoms with E-state index in [0.29, 0.717) is 22.3 Å². The minimum absolute atomic E-state index is 0.0514. The van der Waals surface area contributed by atoms with Gasteiger partial charge in [-0.1, -0.05) is 23.7 Å². The van der Waals surface area contributed by atoms with Gasteiger partial charge in [0.15, 0.2) is 18.1 Å². The molecule has 0 aliphatic rings. The Bertz CT molecular complexity index is 748. The van der Waals surface area contributed by atoms with Crippen molar-refractivity contribution in [2.75, 3.05) is 13.7 Å². The van der Waals surface area contributed by atoms with E-state index in [4.69, 9.17) is 25.8 Å². The molecule has 0 saturated carbocycles. The first-order valence-electron chi connectivity index (χ1n) is 8.41. The Kier molecular flexibility index (Phi) is 7.16. The highest BCUT2D eigenvalue weighted by Crippen LogP contribution is 2.31. The Balaban J connectivity index is 1.95. The first-order valence-corrected chi connectivity index (χ1v) is 8.79. The van der Waals surface area contributed by atoms with E-state index in [-0.39, 0.29) is 24.7 Å². The molecule has 1 N–H and O–H groups in total. The summed E-state index contributed by atoms with van der Waals surface area (Å²) in [5.74, 6) is 1.64. The zero-order valence-corrected chi connectivity index (χ0v) is 16.2. The van der Waals surface area contributed by atoms with Gasteiger partial charge in [0.2, 0.25) is 0 Å². The number of hydrogen-bond acceptors (Lipinski definition) is 4. The Morgan fingerprint density at radius 1 is 1.12 bits per heavy atom. The number of hydrogen-bond donors (Lipinski definition) is 1. The summed E-state index contributed by atoms with van der Waals surface area (Å²) >= 11 is 5.89. The van der Waals surface area contributed by atoms with E-state index < -0.39 is 0 Å². The van der Waals surface area contributed by atoms with Crippen LogP contribution in [0.2, 0.25) is 5.02 Å². The van der Waals surface area contributed by atoms with Crippen molar-refractivity contribution in [2.45, 2.75) is 32.9 Å². The van der Waals surface area contributed by atoms with E-state index in [1.807, 2.05) is 39.0 Å². The van der Waals surface area contributed by atoms with E-state index in [1.54, 1.807) is 31.4 Å². The molecule has 0 saturated heterocycles. The maximum Gasteiger partial charge on any atom is 0.258 e. The zero-order valence-electron chi connectivity index (χ0n) is 15.4. The van der Waals surface area contributed by atoms with E-state index in [2.05, 4.69) is 5.32 Å². The third-order valence-electron chi connectivity index (χ3n) is 3.59. The van der Waals surface area contributed by atoms with Crippen molar-refractivity contribution in [2.24, 2.45) is 0 Å². The molecule has 6 heteroatoms. The Morgan fingerprint density at radius 3 is 2.54 bits per heavy atom. The summed E-state index contributed by atoms with van der Waals surface area (Å²) in [4.78, 5) is 12.1. The molecule has 2 rings (SSSR count). The van der Waals surface area contributed by atoms with Gasteiger partial charge in [-0.15, -0.1) is 0 Å². The second kappa shape index (κ2) is 9.34. The SMILES string of the molecule is COc1cc(C(C)NC(=O)COc2cccc(Cl)c2)ccc1OC(C)C. The molecular formula is C20H24ClNO4. The lowest BCUT2D eigenvalue weighted by Gasteiger charge is -2.18. The maximum atomic E-state index is 12.1. The highest BCUT2D eigenvalue weighted by Gasteiger charge is 2.14. The molecule has 5 nitrogen and oxygen atoms in total. The Morgan fingerprint density at radius 2 is 1.88 bits per heavy atom. The van der Waals surface area contributed by atoms with Crippen LogP contribution >= 0.6 is 11.6 Å². The largest absolute Gasteiger partial charge is 0.493 e. The number of benzene rings is 2. The zero-order chi connectivity index (χ0) is 19.1. The standard InChI is InChI=1S/C20H24ClNO4/c1-13(2)26-18-9-8-15(10-19(18)24-4)14(3)22-20(23)12-25-17-7-5-6-16(21)11-17/h5-11,13-14H,12H2,1-4H3,(H,22,23). The highest BCUT2D eigenvalue weighted by molar-refractivity contribution is 6.30. The minimum Gasteiger partial charge on any atom is -0.493 e. The van der Waals surface area contributed by atoms with Crippen LogP contribution in [-0.4, -0.2) is 25.7 Å². The van der Waals surface area contributed by atoms with Crippen LogP contribution in [-0.2, 0) is 4.79 Å². The van der Waals surface area contributed by atoms with Gasteiger partial charge in [0.1, 0.15) is 5.75 Å². The molecule has 0 aliphatic carbocycles. The van der Waals surface area contributed by atoms with E-state index in [0.717, 1.165) is 5.56 Å². The Labute approximate surface area is 159 Å². The van der Waals surface area contributed by atoms with Gasteiger partial charge in [0.05, 0.1) is 19.3 Å². The summed E-state index contributed by atoms with van der Waals surface area (Å²) in [5.41, 5.74) is 0.911. The molecule has 2 aromatic rings. The quantitative estimate of drug-likeness (QED) is 0.741. The van der Waals surface area contributed by atoms with Gasteiger partial charge in [-0.2, -0.15) is 0 Å². The fraction of sp³-hybridized carbons (Fsp3) is 0.350. The molecule has 26 heavy (non-hydrogen) atoms. The van der Waals surface area contributed by atoms with Crippen LogP contribution in [0.4, 0.5) is 0 Å². The lowest BCUT2D eigenvalue weighted by molar-refractivity contribution is -0.123. The van der Waals surface area contributed by atoms with Gasteiger partial charge in [0.25, 0.3) is 5.91 Å². The van der Waals surface area contributed by atoms with Gasteiger partial charge in [0, 0.05) is 5.02 Å². The van der Waals surface area contributed by atoms with Crippen LogP contribution in [0.15, 0.2) is 42.5 Å². The highest BCUT2D eigenvalue weighted by atomic mass is 35.5. The number of ether oxygens (including phenoxy) is 3. The number of halogens is 1. The predicted octanol–water partition coefficient (Wildman–Crippen LogP) is 4.39. The van der Waals surface area contributed by atoms with Crippen LogP contribution in [0.3, 0.4) is 0 Å². The fourth-order valence-electron chi connectivity index (χ4n) is 2.38. The summed E-state index contributed by atoms with van der Waals surface area (Å²) in [7, 11) is 1.59.